The number of rotatable bonds is 4. The van der Waals surface area contributed by atoms with Gasteiger partial charge in [0.2, 0.25) is 10.0 Å². The Hall–Kier alpha value is -0.330. The third-order valence-corrected chi connectivity index (χ3v) is 5.74. The van der Waals surface area contributed by atoms with Crippen molar-refractivity contribution in [3.8, 4) is 0 Å². The molecule has 0 spiro atoms. The third kappa shape index (κ3) is 3.65. The van der Waals surface area contributed by atoms with Crippen LogP contribution in [-0.4, -0.2) is 20.5 Å². The normalized spacial score (nSPS) is 17.8. The van der Waals surface area contributed by atoms with Crippen LogP contribution in [-0.2, 0) is 10.0 Å². The molecule has 3 N–H and O–H groups in total. The molecule has 0 aliphatic heterocycles. The topological polar surface area (TPSA) is 72.2 Å². The van der Waals surface area contributed by atoms with Gasteiger partial charge < -0.3 is 5.73 Å². The Morgan fingerprint density at radius 3 is 2.50 bits per heavy atom. The number of aryl methyl sites for hydroxylation is 1. The van der Waals surface area contributed by atoms with Crippen molar-refractivity contribution in [3.63, 3.8) is 0 Å². The Morgan fingerprint density at radius 1 is 1.35 bits per heavy atom. The van der Waals surface area contributed by atoms with Crippen molar-refractivity contribution >= 4 is 34.0 Å². The molecule has 114 valence electrons. The van der Waals surface area contributed by atoms with Crippen molar-refractivity contribution < 1.29 is 8.42 Å². The van der Waals surface area contributed by atoms with Gasteiger partial charge in [0.15, 0.2) is 0 Å². The van der Waals surface area contributed by atoms with Crippen molar-refractivity contribution in [3.05, 3.63) is 28.8 Å². The Labute approximate surface area is 131 Å². The highest BCUT2D eigenvalue weighted by Gasteiger charge is 2.37. The third-order valence-electron chi connectivity index (χ3n) is 3.68. The average Bonchev–Trinajstić information content (AvgIpc) is 2.80. The minimum atomic E-state index is -3.63. The van der Waals surface area contributed by atoms with Gasteiger partial charge in [-0.25, -0.2) is 13.1 Å². The average molecular weight is 339 g/mol. The van der Waals surface area contributed by atoms with Gasteiger partial charge in [-0.1, -0.05) is 30.5 Å². The Bertz CT molecular complexity index is 570. The lowest BCUT2D eigenvalue weighted by molar-refractivity contribution is 0.399. The van der Waals surface area contributed by atoms with Crippen molar-refractivity contribution in [2.24, 2.45) is 5.73 Å². The summed E-state index contributed by atoms with van der Waals surface area (Å²) in [6.45, 7) is 2.15. The molecule has 0 saturated heterocycles. The molecule has 7 heteroatoms. The molecule has 1 aliphatic rings. The van der Waals surface area contributed by atoms with E-state index in [0.29, 0.717) is 6.54 Å². The van der Waals surface area contributed by atoms with Crippen LogP contribution in [0.1, 0.15) is 31.2 Å². The molecule has 0 unspecified atom stereocenters. The second kappa shape index (κ2) is 6.62. The molecule has 1 aromatic rings. The molecule has 0 aromatic heterocycles. The Morgan fingerprint density at radius 2 is 1.95 bits per heavy atom. The minimum Gasteiger partial charge on any atom is -0.329 e. The maximum absolute atomic E-state index is 12.5. The largest absolute Gasteiger partial charge is 0.329 e. The molecule has 1 saturated carbocycles. The first kappa shape index (κ1) is 17.7. The monoisotopic (exact) mass is 338 g/mol. The first-order valence-corrected chi connectivity index (χ1v) is 8.25. The lowest BCUT2D eigenvalue weighted by Crippen LogP contribution is -2.51. The lowest BCUT2D eigenvalue weighted by Gasteiger charge is -2.28. The molecule has 1 fully saturated rings. The molecule has 0 radical (unpaired) electrons. The zero-order valence-electron chi connectivity index (χ0n) is 11.4. The molecule has 0 heterocycles. The van der Waals surface area contributed by atoms with Crippen molar-refractivity contribution in [2.45, 2.75) is 43.0 Å². The van der Waals surface area contributed by atoms with Gasteiger partial charge in [0.1, 0.15) is 4.90 Å². The van der Waals surface area contributed by atoms with E-state index < -0.39 is 15.6 Å². The van der Waals surface area contributed by atoms with Crippen LogP contribution >= 0.6 is 24.0 Å². The number of halogens is 2. The van der Waals surface area contributed by atoms with Gasteiger partial charge in [0, 0.05) is 12.1 Å². The maximum atomic E-state index is 12.5. The van der Waals surface area contributed by atoms with Crippen LogP contribution in [0.15, 0.2) is 23.1 Å². The summed E-state index contributed by atoms with van der Waals surface area (Å²) in [5.41, 5.74) is 6.11. The van der Waals surface area contributed by atoms with Gasteiger partial charge in [-0.05, 0) is 37.5 Å². The zero-order chi connectivity index (χ0) is 14.1. The van der Waals surface area contributed by atoms with Crippen LogP contribution in [0.2, 0.25) is 5.02 Å². The molecule has 20 heavy (non-hydrogen) atoms. The predicted molar refractivity (Wildman–Crippen MR) is 84.0 cm³/mol. The van der Waals surface area contributed by atoms with Gasteiger partial charge in [-0.3, -0.25) is 0 Å². The summed E-state index contributed by atoms with van der Waals surface area (Å²) in [6.07, 6.45) is 3.57. The van der Waals surface area contributed by atoms with Gasteiger partial charge in [0.25, 0.3) is 0 Å². The molecule has 1 aromatic carbocycles. The number of nitrogens with one attached hydrogen (secondary N) is 1. The number of hydrogen-bond donors (Lipinski definition) is 2. The highest BCUT2D eigenvalue weighted by Crippen LogP contribution is 2.31. The van der Waals surface area contributed by atoms with Crippen molar-refractivity contribution in [1.82, 2.24) is 4.72 Å². The molecule has 2 rings (SSSR count). The predicted octanol–water partition coefficient (Wildman–Crippen LogP) is 2.62. The van der Waals surface area contributed by atoms with E-state index in [-0.39, 0.29) is 22.3 Å². The van der Waals surface area contributed by atoms with Crippen LogP contribution in [0.3, 0.4) is 0 Å². The number of benzene rings is 1. The number of sulfonamides is 1. The zero-order valence-corrected chi connectivity index (χ0v) is 13.7. The summed E-state index contributed by atoms with van der Waals surface area (Å²) in [7, 11) is -3.63. The van der Waals surface area contributed by atoms with Crippen LogP contribution < -0.4 is 10.5 Å². The minimum absolute atomic E-state index is 0. The summed E-state index contributed by atoms with van der Waals surface area (Å²) >= 11 is 6.00. The van der Waals surface area contributed by atoms with Crippen LogP contribution in [0.25, 0.3) is 0 Å². The standard InChI is InChI=1S/C13H19ClN2O2S.ClH/c1-10-4-5-11(14)12(8-10)19(17,18)16-13(9-15)6-2-3-7-13;/h4-5,8,16H,2-3,6-7,9,15H2,1H3;1H. The van der Waals surface area contributed by atoms with E-state index in [4.69, 9.17) is 17.3 Å². The van der Waals surface area contributed by atoms with Crippen molar-refractivity contribution in [2.75, 3.05) is 6.54 Å². The summed E-state index contributed by atoms with van der Waals surface area (Å²) in [5.74, 6) is 0. The lowest BCUT2D eigenvalue weighted by atomic mass is 10.0. The van der Waals surface area contributed by atoms with E-state index in [0.717, 1.165) is 31.2 Å². The van der Waals surface area contributed by atoms with E-state index in [1.807, 2.05) is 6.92 Å². The van der Waals surface area contributed by atoms with E-state index in [1.54, 1.807) is 18.2 Å². The number of hydrogen-bond acceptors (Lipinski definition) is 3. The highest BCUT2D eigenvalue weighted by molar-refractivity contribution is 7.89. The molecule has 0 bridgehead atoms. The molecular formula is C13H20Cl2N2O2S. The molecule has 1 aliphatic carbocycles. The van der Waals surface area contributed by atoms with Gasteiger partial charge in [-0.15, -0.1) is 12.4 Å². The highest BCUT2D eigenvalue weighted by atomic mass is 35.5. The summed E-state index contributed by atoms with van der Waals surface area (Å²) < 4.78 is 27.7. The summed E-state index contributed by atoms with van der Waals surface area (Å²) in [4.78, 5) is 0.133. The first-order chi connectivity index (χ1) is 8.88. The smallest absolute Gasteiger partial charge is 0.242 e. The van der Waals surface area contributed by atoms with Gasteiger partial charge in [0.05, 0.1) is 5.02 Å². The molecule has 0 amide bonds. The van der Waals surface area contributed by atoms with Crippen molar-refractivity contribution in [1.29, 1.82) is 0 Å². The quantitative estimate of drug-likeness (QED) is 0.886. The van der Waals surface area contributed by atoms with E-state index in [2.05, 4.69) is 4.72 Å². The maximum Gasteiger partial charge on any atom is 0.242 e. The molecule has 0 atom stereocenters. The van der Waals surface area contributed by atoms with Crippen LogP contribution in [0.4, 0.5) is 0 Å². The summed E-state index contributed by atoms with van der Waals surface area (Å²) in [6, 6.07) is 4.98. The van der Waals surface area contributed by atoms with E-state index in [1.165, 1.54) is 0 Å². The van der Waals surface area contributed by atoms with Crippen LogP contribution in [0, 0.1) is 6.92 Å². The van der Waals surface area contributed by atoms with Gasteiger partial charge in [-0.2, -0.15) is 0 Å². The fourth-order valence-corrected chi connectivity index (χ4v) is 4.61. The fraction of sp³-hybridized carbons (Fsp3) is 0.538. The Kier molecular flexibility index (Phi) is 5.87. The fourth-order valence-electron chi connectivity index (χ4n) is 2.56. The van der Waals surface area contributed by atoms with Crippen LogP contribution in [0.5, 0.6) is 0 Å². The first-order valence-electron chi connectivity index (χ1n) is 6.39. The van der Waals surface area contributed by atoms with E-state index in [9.17, 15) is 8.42 Å². The van der Waals surface area contributed by atoms with E-state index >= 15 is 0 Å². The second-order valence-electron chi connectivity index (χ2n) is 5.23. The molecular weight excluding hydrogens is 319 g/mol. The second-order valence-corrected chi connectivity index (χ2v) is 7.29. The summed E-state index contributed by atoms with van der Waals surface area (Å²) in [5, 5.41) is 0.239. The number of nitrogens with two attached hydrogens (primary N) is 1. The van der Waals surface area contributed by atoms with Gasteiger partial charge >= 0.3 is 0 Å². The molecule has 4 nitrogen and oxygen atoms in total. The SMILES string of the molecule is Cc1ccc(Cl)c(S(=O)(=O)NC2(CN)CCCC2)c1.Cl. The Balaban J connectivity index is 0.00000200.